The van der Waals surface area contributed by atoms with Crippen LogP contribution in [0.1, 0.15) is 51.3 Å². The minimum Gasteiger partial charge on any atom is -0.493 e. The topological polar surface area (TPSA) is 144 Å². The molecule has 0 saturated heterocycles. The number of carbonyl (C=O) groups excluding carboxylic acids is 3. The van der Waals surface area contributed by atoms with Crippen LogP contribution in [0, 0.1) is 5.92 Å². The zero-order valence-corrected chi connectivity index (χ0v) is 26.6. The lowest BCUT2D eigenvalue weighted by atomic mass is 9.95. The van der Waals surface area contributed by atoms with Crippen LogP contribution in [0.25, 0.3) is 11.1 Å². The third-order valence-electron chi connectivity index (χ3n) is 7.65. The van der Waals surface area contributed by atoms with Gasteiger partial charge < -0.3 is 35.5 Å². The first kappa shape index (κ1) is 32.8. The zero-order valence-electron chi connectivity index (χ0n) is 26.6. The predicted octanol–water partition coefficient (Wildman–Crippen LogP) is 4.90. The van der Waals surface area contributed by atoms with Gasteiger partial charge in [0.1, 0.15) is 6.04 Å². The molecule has 1 aliphatic carbocycles. The van der Waals surface area contributed by atoms with Gasteiger partial charge in [-0.05, 0) is 77.9 Å². The Balaban J connectivity index is 1.78. The SMILES string of the molecule is COc1cc2c(c(OC)c1OC)-c1ccc(N[C@@H](C(=O)Nc3ccc(NC(C)=O)cc3)C(C)C)c(=O)cc1[C@@H](NC(C)=O)CC2. The maximum atomic E-state index is 13.8. The van der Waals surface area contributed by atoms with E-state index in [1.54, 1.807) is 44.6 Å². The Labute approximate surface area is 262 Å². The maximum Gasteiger partial charge on any atom is 0.247 e. The lowest BCUT2D eigenvalue weighted by Crippen LogP contribution is -2.39. The number of anilines is 3. The second-order valence-electron chi connectivity index (χ2n) is 11.2. The molecule has 4 N–H and O–H groups in total. The highest BCUT2D eigenvalue weighted by Crippen LogP contribution is 2.50. The molecule has 0 saturated carbocycles. The van der Waals surface area contributed by atoms with Crippen molar-refractivity contribution >= 4 is 34.8 Å². The van der Waals surface area contributed by atoms with Gasteiger partial charge in [0, 0.05) is 30.8 Å². The second kappa shape index (κ2) is 14.1. The van der Waals surface area contributed by atoms with Crippen molar-refractivity contribution in [2.75, 3.05) is 37.3 Å². The first-order valence-corrected chi connectivity index (χ1v) is 14.7. The van der Waals surface area contributed by atoms with E-state index in [0.29, 0.717) is 52.6 Å². The van der Waals surface area contributed by atoms with Gasteiger partial charge in [0.2, 0.25) is 28.9 Å². The summed E-state index contributed by atoms with van der Waals surface area (Å²) in [4.78, 5) is 50.8. The maximum absolute atomic E-state index is 13.8. The standard InChI is InChI=1S/C34H40N4O7/c1-18(2)31(34(42)37-23-11-9-22(10-12-23)35-19(3)39)38-27-15-13-24-25(17-28(27)41)26(36-20(4)40)14-8-21-16-29(43-5)32(44-6)33(45-7)30(21)24/h9-13,15-18,26,31H,8,14H2,1-7H3,(H,35,39)(H,36,40)(H,37,42)(H,38,41)/t26-,31+/m0/s1. The summed E-state index contributed by atoms with van der Waals surface area (Å²) in [5, 5.41) is 11.7. The molecule has 0 fully saturated rings. The van der Waals surface area contributed by atoms with Crippen LogP contribution in [-0.2, 0) is 20.8 Å². The second-order valence-corrected chi connectivity index (χ2v) is 11.2. The molecular weight excluding hydrogens is 576 g/mol. The minimum absolute atomic E-state index is 0.184. The van der Waals surface area contributed by atoms with E-state index in [1.165, 1.54) is 27.0 Å². The summed E-state index contributed by atoms with van der Waals surface area (Å²) in [7, 11) is 4.63. The number of benzene rings is 2. The van der Waals surface area contributed by atoms with Crippen molar-refractivity contribution in [2.24, 2.45) is 5.92 Å². The molecule has 3 aromatic rings. The van der Waals surface area contributed by atoms with Gasteiger partial charge in [0.15, 0.2) is 11.5 Å². The molecule has 3 amide bonds. The number of methoxy groups -OCH3 is 3. The molecule has 0 aliphatic heterocycles. The Morgan fingerprint density at radius 1 is 0.822 bits per heavy atom. The van der Waals surface area contributed by atoms with Crippen molar-refractivity contribution < 1.29 is 28.6 Å². The zero-order chi connectivity index (χ0) is 32.8. The van der Waals surface area contributed by atoms with Gasteiger partial charge in [-0.15, -0.1) is 0 Å². The van der Waals surface area contributed by atoms with E-state index < -0.39 is 12.1 Å². The van der Waals surface area contributed by atoms with Crippen LogP contribution in [-0.4, -0.2) is 45.1 Å². The molecule has 0 heterocycles. The number of ether oxygens (including phenoxy) is 3. The highest BCUT2D eigenvalue weighted by molar-refractivity contribution is 5.97. The van der Waals surface area contributed by atoms with Crippen LogP contribution in [0.5, 0.6) is 17.2 Å². The molecule has 0 spiro atoms. The molecule has 0 aromatic heterocycles. The first-order chi connectivity index (χ1) is 21.5. The van der Waals surface area contributed by atoms with Crippen molar-refractivity contribution in [3.05, 3.63) is 69.9 Å². The minimum atomic E-state index is -0.757. The fraction of sp³-hybridized carbons (Fsp3) is 0.353. The first-order valence-electron chi connectivity index (χ1n) is 14.7. The molecule has 0 bridgehead atoms. The van der Waals surface area contributed by atoms with Crippen LogP contribution >= 0.6 is 0 Å². The van der Waals surface area contributed by atoms with Crippen LogP contribution in [0.2, 0.25) is 0 Å². The van der Waals surface area contributed by atoms with E-state index in [4.69, 9.17) is 14.2 Å². The summed E-state index contributed by atoms with van der Waals surface area (Å²) in [6.45, 7) is 6.63. The van der Waals surface area contributed by atoms with Crippen LogP contribution in [0.4, 0.5) is 17.1 Å². The molecule has 11 heteroatoms. The molecule has 4 rings (SSSR count). The van der Waals surface area contributed by atoms with E-state index >= 15 is 0 Å². The Morgan fingerprint density at radius 3 is 2.02 bits per heavy atom. The van der Waals surface area contributed by atoms with Crippen molar-refractivity contribution in [2.45, 2.75) is 52.6 Å². The van der Waals surface area contributed by atoms with Crippen molar-refractivity contribution in [3.8, 4) is 28.4 Å². The lowest BCUT2D eigenvalue weighted by Gasteiger charge is -2.22. The quantitative estimate of drug-likeness (QED) is 0.252. The van der Waals surface area contributed by atoms with Gasteiger partial charge >= 0.3 is 0 Å². The third-order valence-corrected chi connectivity index (χ3v) is 7.65. The van der Waals surface area contributed by atoms with E-state index in [0.717, 1.165) is 11.1 Å². The molecule has 3 aromatic carbocycles. The van der Waals surface area contributed by atoms with Gasteiger partial charge in [0.25, 0.3) is 0 Å². The highest BCUT2D eigenvalue weighted by atomic mass is 16.5. The summed E-state index contributed by atoms with van der Waals surface area (Å²) in [5.41, 5.74) is 3.99. The predicted molar refractivity (Wildman–Crippen MR) is 174 cm³/mol. The Kier molecular flexibility index (Phi) is 10.3. The van der Waals surface area contributed by atoms with E-state index in [2.05, 4.69) is 21.3 Å². The number of hydrogen-bond acceptors (Lipinski definition) is 8. The van der Waals surface area contributed by atoms with Crippen molar-refractivity contribution in [1.29, 1.82) is 0 Å². The normalized spacial score (nSPS) is 14.2. The van der Waals surface area contributed by atoms with Gasteiger partial charge in [-0.1, -0.05) is 19.9 Å². The summed E-state index contributed by atoms with van der Waals surface area (Å²) < 4.78 is 17.1. The van der Waals surface area contributed by atoms with Gasteiger partial charge in [-0.2, -0.15) is 0 Å². The summed E-state index contributed by atoms with van der Waals surface area (Å²) in [6.07, 6.45) is 1.11. The lowest BCUT2D eigenvalue weighted by molar-refractivity contribution is -0.120. The number of carbonyl (C=O) groups is 3. The molecule has 45 heavy (non-hydrogen) atoms. The van der Waals surface area contributed by atoms with E-state index in [1.807, 2.05) is 26.0 Å². The summed E-state index contributed by atoms with van der Waals surface area (Å²) in [6, 6.07) is 12.4. The molecule has 11 nitrogen and oxygen atoms in total. The Hall–Kier alpha value is -5.06. The largest absolute Gasteiger partial charge is 0.493 e. The molecule has 1 aliphatic rings. The molecule has 0 radical (unpaired) electrons. The number of aryl methyl sites for hydroxylation is 1. The van der Waals surface area contributed by atoms with Gasteiger partial charge in [-0.25, -0.2) is 0 Å². The van der Waals surface area contributed by atoms with Crippen LogP contribution < -0.4 is 40.9 Å². The average molecular weight is 617 g/mol. The van der Waals surface area contributed by atoms with Gasteiger partial charge in [-0.3, -0.25) is 19.2 Å². The monoisotopic (exact) mass is 616 g/mol. The fourth-order valence-electron chi connectivity index (χ4n) is 5.59. The molecular formula is C34H40N4O7. The van der Waals surface area contributed by atoms with Crippen molar-refractivity contribution in [1.82, 2.24) is 5.32 Å². The molecule has 2 atom stereocenters. The number of hydrogen-bond donors (Lipinski definition) is 4. The third kappa shape index (κ3) is 7.36. The summed E-state index contributed by atoms with van der Waals surface area (Å²) in [5.74, 6) is 0.445. The molecule has 0 unspecified atom stereocenters. The van der Waals surface area contributed by atoms with Crippen LogP contribution in [0.15, 0.2) is 53.3 Å². The van der Waals surface area contributed by atoms with Gasteiger partial charge in [0.05, 0.1) is 33.1 Å². The van der Waals surface area contributed by atoms with E-state index in [9.17, 15) is 19.2 Å². The summed E-state index contributed by atoms with van der Waals surface area (Å²) >= 11 is 0. The number of nitrogens with one attached hydrogen (secondary N) is 4. The smallest absolute Gasteiger partial charge is 0.247 e. The van der Waals surface area contributed by atoms with Crippen LogP contribution in [0.3, 0.4) is 0 Å². The van der Waals surface area contributed by atoms with E-state index in [-0.39, 0.29) is 34.8 Å². The Morgan fingerprint density at radius 2 is 1.47 bits per heavy atom. The fourth-order valence-corrected chi connectivity index (χ4v) is 5.59. The Bertz CT molecular complexity index is 1650. The number of rotatable bonds is 10. The number of fused-ring (bicyclic) bond motifs is 3. The van der Waals surface area contributed by atoms with Crippen molar-refractivity contribution in [3.63, 3.8) is 0 Å². The average Bonchev–Trinajstić information content (AvgIpc) is 3.23. The highest BCUT2D eigenvalue weighted by Gasteiger charge is 2.30. The number of amides is 3. The molecule has 238 valence electrons.